The second-order valence-electron chi connectivity index (χ2n) is 3.79. The molecule has 2 aromatic rings. The third kappa shape index (κ3) is 3.39. The predicted octanol–water partition coefficient (Wildman–Crippen LogP) is 2.28. The van der Waals surface area contributed by atoms with Crippen molar-refractivity contribution in [3.63, 3.8) is 0 Å². The molecular formula is C11H7F3N2O3S2. The molecule has 21 heavy (non-hydrogen) atoms. The molecule has 2 rings (SSSR count). The number of alkyl halides is 3. The van der Waals surface area contributed by atoms with Crippen LogP contribution in [0.5, 0.6) is 0 Å². The molecule has 0 spiro atoms. The Balaban J connectivity index is 2.35. The number of thiophene rings is 1. The quantitative estimate of drug-likeness (QED) is 0.933. The lowest BCUT2D eigenvalue weighted by atomic mass is 10.2. The Bertz CT molecular complexity index is 755. The summed E-state index contributed by atoms with van der Waals surface area (Å²) in [7, 11) is -4.22. The van der Waals surface area contributed by atoms with E-state index in [9.17, 15) is 26.4 Å². The molecule has 2 aromatic heterocycles. The summed E-state index contributed by atoms with van der Waals surface area (Å²) in [6.07, 6.45) is -3.84. The second kappa shape index (κ2) is 5.45. The van der Waals surface area contributed by atoms with E-state index in [0.717, 1.165) is 23.6 Å². The Morgan fingerprint density at radius 1 is 1.29 bits per heavy atom. The number of carbonyl (C=O) groups is 1. The molecule has 0 aliphatic heterocycles. The van der Waals surface area contributed by atoms with Crippen LogP contribution in [0.25, 0.3) is 0 Å². The number of hydrogen-bond donors (Lipinski definition) is 1. The van der Waals surface area contributed by atoms with Crippen LogP contribution in [0.1, 0.15) is 16.1 Å². The smallest absolute Gasteiger partial charge is 0.266 e. The summed E-state index contributed by atoms with van der Waals surface area (Å²) in [4.78, 5) is 14.9. The predicted molar refractivity (Wildman–Crippen MR) is 68.2 cm³/mol. The van der Waals surface area contributed by atoms with E-state index in [-0.39, 0.29) is 4.90 Å². The van der Waals surface area contributed by atoms with E-state index >= 15 is 0 Å². The van der Waals surface area contributed by atoms with E-state index in [1.54, 1.807) is 4.72 Å². The second-order valence-corrected chi connectivity index (χ2v) is 6.25. The third-order valence-corrected chi connectivity index (χ3v) is 4.52. The van der Waals surface area contributed by atoms with Gasteiger partial charge in [0, 0.05) is 11.6 Å². The van der Waals surface area contributed by atoms with Crippen molar-refractivity contribution < 1.29 is 26.4 Å². The fourth-order valence-corrected chi connectivity index (χ4v) is 3.43. The maximum atomic E-state index is 12.7. The Kier molecular flexibility index (Phi) is 4.01. The lowest BCUT2D eigenvalue weighted by Crippen LogP contribution is -2.32. The summed E-state index contributed by atoms with van der Waals surface area (Å²) in [5, 5.41) is 2.71. The largest absolute Gasteiger partial charge is 0.418 e. The van der Waals surface area contributed by atoms with Crippen molar-refractivity contribution in [1.82, 2.24) is 9.71 Å². The zero-order chi connectivity index (χ0) is 15.7. The van der Waals surface area contributed by atoms with Gasteiger partial charge in [0.05, 0.1) is 10.5 Å². The van der Waals surface area contributed by atoms with Gasteiger partial charge >= 0.3 is 6.18 Å². The van der Waals surface area contributed by atoms with Crippen LogP contribution >= 0.6 is 11.3 Å². The molecule has 0 aliphatic carbocycles. The number of halogens is 3. The molecule has 1 amide bonds. The average Bonchev–Trinajstić information content (AvgIpc) is 2.92. The SMILES string of the molecule is O=C(NS(=O)(=O)c1ccsc1)c1ncccc1C(F)(F)F. The molecule has 0 aromatic carbocycles. The van der Waals surface area contributed by atoms with Crippen molar-refractivity contribution in [3.05, 3.63) is 46.4 Å². The van der Waals surface area contributed by atoms with Gasteiger partial charge in [-0.05, 0) is 23.6 Å². The molecule has 0 radical (unpaired) electrons. The minimum atomic E-state index is -4.81. The van der Waals surface area contributed by atoms with Crippen LogP contribution in [-0.2, 0) is 16.2 Å². The Morgan fingerprint density at radius 2 is 2.00 bits per heavy atom. The maximum absolute atomic E-state index is 12.7. The highest BCUT2D eigenvalue weighted by atomic mass is 32.2. The minimum Gasteiger partial charge on any atom is -0.266 e. The van der Waals surface area contributed by atoms with E-state index in [1.165, 1.54) is 16.8 Å². The Hall–Kier alpha value is -1.94. The normalized spacial score (nSPS) is 12.1. The minimum absolute atomic E-state index is 0.203. The van der Waals surface area contributed by atoms with Crippen molar-refractivity contribution in [2.24, 2.45) is 0 Å². The number of nitrogens with zero attached hydrogens (tertiary/aromatic N) is 1. The van der Waals surface area contributed by atoms with Crippen molar-refractivity contribution in [1.29, 1.82) is 0 Å². The molecule has 0 bridgehead atoms. The molecular weight excluding hydrogens is 329 g/mol. The van der Waals surface area contributed by atoms with Crippen LogP contribution in [0.4, 0.5) is 13.2 Å². The van der Waals surface area contributed by atoms with Gasteiger partial charge in [-0.15, -0.1) is 0 Å². The third-order valence-electron chi connectivity index (χ3n) is 2.36. The molecule has 0 saturated heterocycles. The number of amides is 1. The number of pyridine rings is 1. The Labute approximate surface area is 121 Å². The molecule has 2 heterocycles. The van der Waals surface area contributed by atoms with E-state index in [4.69, 9.17) is 0 Å². The number of carbonyl (C=O) groups excluding carboxylic acids is 1. The van der Waals surface area contributed by atoms with Gasteiger partial charge in [0.2, 0.25) is 0 Å². The number of rotatable bonds is 3. The summed E-state index contributed by atoms with van der Waals surface area (Å²) in [6.45, 7) is 0. The summed E-state index contributed by atoms with van der Waals surface area (Å²) < 4.78 is 63.4. The van der Waals surface area contributed by atoms with E-state index in [1.807, 2.05) is 0 Å². The van der Waals surface area contributed by atoms with Crippen LogP contribution in [-0.4, -0.2) is 19.3 Å². The molecule has 5 nitrogen and oxygen atoms in total. The fourth-order valence-electron chi connectivity index (χ4n) is 1.45. The number of nitrogens with one attached hydrogen (secondary N) is 1. The highest BCUT2D eigenvalue weighted by Gasteiger charge is 2.36. The topological polar surface area (TPSA) is 76.1 Å². The van der Waals surface area contributed by atoms with Crippen molar-refractivity contribution in [3.8, 4) is 0 Å². The lowest BCUT2D eigenvalue weighted by Gasteiger charge is -2.11. The number of aromatic nitrogens is 1. The molecule has 1 N–H and O–H groups in total. The van der Waals surface area contributed by atoms with Crippen LogP contribution in [0.15, 0.2) is 40.1 Å². The van der Waals surface area contributed by atoms with Gasteiger partial charge in [-0.2, -0.15) is 24.5 Å². The van der Waals surface area contributed by atoms with E-state index in [0.29, 0.717) is 6.07 Å². The van der Waals surface area contributed by atoms with E-state index < -0.39 is 33.4 Å². The Morgan fingerprint density at radius 3 is 2.57 bits per heavy atom. The van der Waals surface area contributed by atoms with Gasteiger partial charge in [0.25, 0.3) is 15.9 Å². The van der Waals surface area contributed by atoms with Gasteiger partial charge in [0.15, 0.2) is 0 Å². The van der Waals surface area contributed by atoms with Gasteiger partial charge < -0.3 is 0 Å². The van der Waals surface area contributed by atoms with E-state index in [2.05, 4.69) is 4.98 Å². The van der Waals surface area contributed by atoms with Gasteiger partial charge in [0.1, 0.15) is 5.69 Å². The molecule has 0 atom stereocenters. The average molecular weight is 336 g/mol. The first kappa shape index (κ1) is 15.4. The number of sulfonamides is 1. The van der Waals surface area contributed by atoms with Crippen LogP contribution < -0.4 is 4.72 Å². The molecule has 0 unspecified atom stereocenters. The lowest BCUT2D eigenvalue weighted by molar-refractivity contribution is -0.138. The molecule has 0 aliphatic rings. The van der Waals surface area contributed by atoms with Gasteiger partial charge in [-0.1, -0.05) is 0 Å². The first-order valence-corrected chi connectivity index (χ1v) is 7.76. The first-order valence-electron chi connectivity index (χ1n) is 5.33. The molecule has 0 fully saturated rings. The maximum Gasteiger partial charge on any atom is 0.418 e. The standard InChI is InChI=1S/C11H7F3N2O3S2/c12-11(13,14)8-2-1-4-15-9(8)10(17)16-21(18,19)7-3-5-20-6-7/h1-6H,(H,16,17). The van der Waals surface area contributed by atoms with Crippen LogP contribution in [0.3, 0.4) is 0 Å². The molecule has 0 saturated carbocycles. The monoisotopic (exact) mass is 336 g/mol. The zero-order valence-electron chi connectivity index (χ0n) is 10.1. The van der Waals surface area contributed by atoms with Crippen LogP contribution in [0, 0.1) is 0 Å². The van der Waals surface area contributed by atoms with Crippen molar-refractivity contribution in [2.45, 2.75) is 11.1 Å². The highest BCUT2D eigenvalue weighted by molar-refractivity contribution is 7.90. The summed E-state index contributed by atoms with van der Waals surface area (Å²) >= 11 is 1.07. The van der Waals surface area contributed by atoms with Crippen molar-refractivity contribution >= 4 is 27.3 Å². The first-order chi connectivity index (χ1) is 9.72. The molecule has 10 heteroatoms. The van der Waals surface area contributed by atoms with Gasteiger partial charge in [-0.3, -0.25) is 9.78 Å². The zero-order valence-corrected chi connectivity index (χ0v) is 11.7. The van der Waals surface area contributed by atoms with Crippen molar-refractivity contribution in [2.75, 3.05) is 0 Å². The molecule has 112 valence electrons. The van der Waals surface area contributed by atoms with Gasteiger partial charge in [-0.25, -0.2) is 13.1 Å². The van der Waals surface area contributed by atoms with Crippen LogP contribution in [0.2, 0.25) is 0 Å². The summed E-state index contributed by atoms with van der Waals surface area (Å²) in [6, 6.07) is 2.88. The summed E-state index contributed by atoms with van der Waals surface area (Å²) in [5.41, 5.74) is -2.30. The fraction of sp³-hybridized carbons (Fsp3) is 0.0909. The highest BCUT2D eigenvalue weighted by Crippen LogP contribution is 2.31. The number of hydrogen-bond acceptors (Lipinski definition) is 5. The summed E-state index contributed by atoms with van der Waals surface area (Å²) in [5.74, 6) is -1.44.